The van der Waals surface area contributed by atoms with Gasteiger partial charge in [0.25, 0.3) is 0 Å². The van der Waals surface area contributed by atoms with Crippen LogP contribution in [-0.2, 0) is 22.6 Å². The highest BCUT2D eigenvalue weighted by molar-refractivity contribution is 6.42. The van der Waals surface area contributed by atoms with E-state index in [-0.39, 0.29) is 17.9 Å². The van der Waals surface area contributed by atoms with Gasteiger partial charge in [-0.1, -0.05) is 29.3 Å². The number of hydrogen-bond acceptors (Lipinski definition) is 4. The van der Waals surface area contributed by atoms with Crippen molar-refractivity contribution < 1.29 is 9.59 Å². The summed E-state index contributed by atoms with van der Waals surface area (Å²) in [5.41, 5.74) is 4.95. The lowest BCUT2D eigenvalue weighted by atomic mass is 10.0. The first-order valence-electron chi connectivity index (χ1n) is 11.3. The lowest BCUT2D eigenvalue weighted by molar-refractivity contribution is -0.122. The van der Waals surface area contributed by atoms with Crippen LogP contribution in [0.2, 0.25) is 10.0 Å². The predicted molar refractivity (Wildman–Crippen MR) is 134 cm³/mol. The number of fused-ring (bicyclic) bond motifs is 1. The van der Waals surface area contributed by atoms with E-state index in [9.17, 15) is 9.59 Å². The fourth-order valence-corrected chi connectivity index (χ4v) is 4.70. The molecule has 1 saturated heterocycles. The van der Waals surface area contributed by atoms with Crippen molar-refractivity contribution in [3.05, 3.63) is 57.6 Å². The summed E-state index contributed by atoms with van der Waals surface area (Å²) in [6.45, 7) is 4.20. The van der Waals surface area contributed by atoms with Crippen molar-refractivity contribution in [1.82, 2.24) is 10.2 Å². The van der Waals surface area contributed by atoms with Crippen molar-refractivity contribution in [2.45, 2.75) is 51.6 Å². The number of nitrogens with one attached hydrogen (secondary N) is 2. The molecule has 4 rings (SSSR count). The van der Waals surface area contributed by atoms with Crippen LogP contribution in [0.5, 0.6) is 0 Å². The molecular weight excluding hydrogens is 459 g/mol. The number of amides is 2. The van der Waals surface area contributed by atoms with Crippen LogP contribution < -0.4 is 10.6 Å². The average Bonchev–Trinajstić information content (AvgIpc) is 3.18. The quantitative estimate of drug-likeness (QED) is 0.568. The molecule has 0 unspecified atom stereocenters. The molecule has 0 spiro atoms. The van der Waals surface area contributed by atoms with Crippen molar-refractivity contribution in [3.8, 4) is 0 Å². The van der Waals surface area contributed by atoms with E-state index < -0.39 is 0 Å². The lowest BCUT2D eigenvalue weighted by Crippen LogP contribution is -2.44. The smallest absolute Gasteiger partial charge is 0.221 e. The van der Waals surface area contributed by atoms with Gasteiger partial charge < -0.3 is 10.6 Å². The molecule has 2 aromatic carbocycles. The molecule has 0 aliphatic carbocycles. The van der Waals surface area contributed by atoms with Crippen LogP contribution in [0.3, 0.4) is 0 Å². The maximum Gasteiger partial charge on any atom is 0.221 e. The molecule has 8 heteroatoms. The monoisotopic (exact) mass is 486 g/mol. The second-order valence-electron chi connectivity index (χ2n) is 8.75. The third-order valence-corrected chi connectivity index (χ3v) is 6.80. The maximum absolute atomic E-state index is 12.5. The van der Waals surface area contributed by atoms with Gasteiger partial charge in [0, 0.05) is 56.8 Å². The fourth-order valence-electron chi connectivity index (χ4n) is 4.38. The van der Waals surface area contributed by atoms with Crippen LogP contribution in [0, 0.1) is 0 Å². The molecule has 6 nitrogen and oxygen atoms in total. The number of carbonyl (C=O) groups excluding carboxylic acids is 2. The number of piperidine rings is 1. The van der Waals surface area contributed by atoms with Crippen LogP contribution in [0.15, 0.2) is 41.4 Å². The Morgan fingerprint density at radius 1 is 1.09 bits per heavy atom. The Balaban J connectivity index is 1.18. The van der Waals surface area contributed by atoms with Crippen LogP contribution in [0.1, 0.15) is 43.7 Å². The van der Waals surface area contributed by atoms with Crippen LogP contribution in [0.25, 0.3) is 0 Å². The van der Waals surface area contributed by atoms with E-state index in [0.717, 1.165) is 67.1 Å². The second kappa shape index (κ2) is 10.7. The Bertz CT molecular complexity index is 1080. The Kier molecular flexibility index (Phi) is 7.68. The van der Waals surface area contributed by atoms with Crippen molar-refractivity contribution in [1.29, 1.82) is 0 Å². The predicted octanol–water partition coefficient (Wildman–Crippen LogP) is 5.14. The van der Waals surface area contributed by atoms with Gasteiger partial charge in [-0.3, -0.25) is 19.5 Å². The number of rotatable bonds is 7. The molecule has 0 bridgehead atoms. The molecule has 2 aromatic rings. The zero-order valence-electron chi connectivity index (χ0n) is 18.7. The average molecular weight is 487 g/mol. The summed E-state index contributed by atoms with van der Waals surface area (Å²) < 4.78 is 0. The first-order chi connectivity index (χ1) is 15.9. The Labute approximate surface area is 204 Å². The summed E-state index contributed by atoms with van der Waals surface area (Å²) in [5.74, 6) is -0.0125. The van der Waals surface area contributed by atoms with Gasteiger partial charge in [0.15, 0.2) is 0 Å². The van der Waals surface area contributed by atoms with E-state index in [1.807, 2.05) is 36.4 Å². The molecule has 2 aliphatic heterocycles. The molecule has 0 saturated carbocycles. The highest BCUT2D eigenvalue weighted by atomic mass is 35.5. The highest BCUT2D eigenvalue weighted by Gasteiger charge is 2.22. The number of benzene rings is 2. The van der Waals surface area contributed by atoms with E-state index in [1.165, 1.54) is 6.92 Å². The number of likely N-dealkylation sites (tertiary alicyclic amines) is 1. The Morgan fingerprint density at radius 2 is 1.88 bits per heavy atom. The lowest BCUT2D eigenvalue weighted by Gasteiger charge is -2.32. The fraction of sp³-hybridized carbons (Fsp3) is 0.400. The number of anilines is 1. The molecule has 33 heavy (non-hydrogen) atoms. The topological polar surface area (TPSA) is 73.8 Å². The Hall–Kier alpha value is -2.41. The number of halogens is 2. The van der Waals surface area contributed by atoms with E-state index in [2.05, 4.69) is 20.5 Å². The molecule has 0 aromatic heterocycles. The summed E-state index contributed by atoms with van der Waals surface area (Å²) in [5, 5.41) is 7.14. The first-order valence-corrected chi connectivity index (χ1v) is 12.0. The summed E-state index contributed by atoms with van der Waals surface area (Å²) in [6.07, 6.45) is 3.68. The van der Waals surface area contributed by atoms with Crippen LogP contribution >= 0.6 is 23.2 Å². The normalized spacial score (nSPS) is 16.3. The first kappa shape index (κ1) is 23.7. The maximum atomic E-state index is 12.5. The minimum atomic E-state index is -0.0917. The van der Waals surface area contributed by atoms with E-state index in [0.29, 0.717) is 22.9 Å². The summed E-state index contributed by atoms with van der Waals surface area (Å²) in [4.78, 5) is 30.8. The molecule has 174 valence electrons. The van der Waals surface area contributed by atoms with Crippen LogP contribution in [0.4, 0.5) is 11.4 Å². The molecule has 0 radical (unpaired) electrons. The number of nitrogens with zero attached hydrogens (tertiary/aromatic N) is 2. The van der Waals surface area contributed by atoms with Gasteiger partial charge >= 0.3 is 0 Å². The van der Waals surface area contributed by atoms with Crippen molar-refractivity contribution in [3.63, 3.8) is 0 Å². The zero-order valence-corrected chi connectivity index (χ0v) is 20.2. The SMILES string of the molecule is CC(=O)Nc1ccc2c(c1)CC(CCC(=O)NC1CCN(Cc3ccc(Cl)c(Cl)c3)CC1)=N2. The largest absolute Gasteiger partial charge is 0.353 e. The molecule has 2 N–H and O–H groups in total. The van der Waals surface area contributed by atoms with Gasteiger partial charge in [0.05, 0.1) is 15.7 Å². The molecule has 1 fully saturated rings. The van der Waals surface area contributed by atoms with E-state index in [4.69, 9.17) is 23.2 Å². The van der Waals surface area contributed by atoms with Crippen LogP contribution in [-0.4, -0.2) is 41.6 Å². The molecule has 2 aliphatic rings. The van der Waals surface area contributed by atoms with Gasteiger partial charge in [-0.15, -0.1) is 0 Å². The Morgan fingerprint density at radius 3 is 2.61 bits per heavy atom. The van der Waals surface area contributed by atoms with Gasteiger partial charge in [-0.2, -0.15) is 0 Å². The highest BCUT2D eigenvalue weighted by Crippen LogP contribution is 2.30. The van der Waals surface area contributed by atoms with Crippen molar-refractivity contribution >= 4 is 52.1 Å². The molecule has 2 amide bonds. The minimum Gasteiger partial charge on any atom is -0.353 e. The molecular formula is C25H28Cl2N4O2. The number of aliphatic imine (C=N–C) groups is 1. The summed E-state index contributed by atoms with van der Waals surface area (Å²) in [6, 6.07) is 11.7. The second-order valence-corrected chi connectivity index (χ2v) is 9.56. The van der Waals surface area contributed by atoms with Crippen molar-refractivity contribution in [2.75, 3.05) is 18.4 Å². The molecule has 2 heterocycles. The number of carbonyl (C=O) groups is 2. The van der Waals surface area contributed by atoms with E-state index in [1.54, 1.807) is 0 Å². The standard InChI is InChI=1S/C25H28Cl2N4O2/c1-16(32)28-20-3-6-24-18(13-20)14-21(29-24)4-7-25(33)30-19-8-10-31(11-9-19)15-17-2-5-22(26)23(27)12-17/h2-3,5-6,12-13,19H,4,7-11,14-15H2,1H3,(H,28,32)(H,30,33). The zero-order chi connectivity index (χ0) is 23.4. The summed E-state index contributed by atoms with van der Waals surface area (Å²) in [7, 11) is 0. The van der Waals surface area contributed by atoms with Gasteiger partial charge in [-0.05, 0) is 60.7 Å². The number of hydrogen-bond donors (Lipinski definition) is 2. The molecule has 0 atom stereocenters. The summed E-state index contributed by atoms with van der Waals surface area (Å²) >= 11 is 12.1. The third-order valence-electron chi connectivity index (χ3n) is 6.06. The van der Waals surface area contributed by atoms with Gasteiger partial charge in [0.1, 0.15) is 0 Å². The van der Waals surface area contributed by atoms with Gasteiger partial charge in [-0.25, -0.2) is 0 Å². The minimum absolute atomic E-state index is 0.0792. The van der Waals surface area contributed by atoms with Crippen molar-refractivity contribution in [2.24, 2.45) is 4.99 Å². The van der Waals surface area contributed by atoms with Gasteiger partial charge in [0.2, 0.25) is 11.8 Å². The van der Waals surface area contributed by atoms with E-state index >= 15 is 0 Å². The third kappa shape index (κ3) is 6.56.